The summed E-state index contributed by atoms with van der Waals surface area (Å²) >= 11 is 0. The van der Waals surface area contributed by atoms with Crippen molar-refractivity contribution in [1.82, 2.24) is 0 Å². The molecule has 4 heteroatoms. The third kappa shape index (κ3) is 9.42. The highest BCUT2D eigenvalue weighted by molar-refractivity contribution is 5.88. The van der Waals surface area contributed by atoms with E-state index in [1.165, 1.54) is 0 Å². The van der Waals surface area contributed by atoms with E-state index in [0.717, 1.165) is 69.8 Å². The number of carbonyl (C=O) groups excluding carboxylic acids is 1. The van der Waals surface area contributed by atoms with Crippen LogP contribution in [0.15, 0.2) is 30.3 Å². The zero-order valence-electron chi connectivity index (χ0n) is 19.3. The lowest BCUT2D eigenvalue weighted by Crippen LogP contribution is -2.35. The van der Waals surface area contributed by atoms with Gasteiger partial charge in [-0.25, -0.2) is 0 Å². The third-order valence-electron chi connectivity index (χ3n) is 6.38. The molecule has 0 aliphatic carbocycles. The quantitative estimate of drug-likeness (QED) is 0.285. The molecule has 0 radical (unpaired) electrons. The number of hydrogen-bond acceptors (Lipinski definition) is 3. The van der Waals surface area contributed by atoms with Gasteiger partial charge in [0.2, 0.25) is 0 Å². The highest BCUT2D eigenvalue weighted by Crippen LogP contribution is 2.38. The zero-order chi connectivity index (χ0) is 22.5. The Morgan fingerprint density at radius 2 is 1.40 bits per heavy atom. The van der Waals surface area contributed by atoms with Crippen LogP contribution >= 0.6 is 0 Å². The molecule has 1 aromatic rings. The summed E-state index contributed by atoms with van der Waals surface area (Å²) in [6.07, 6.45) is 10.8. The maximum absolute atomic E-state index is 12.9. The molecular formula is C26H42O4. The maximum Gasteiger partial charge on any atom is 0.303 e. The minimum atomic E-state index is -0.747. The van der Waals surface area contributed by atoms with Crippen LogP contribution in [-0.2, 0) is 15.0 Å². The zero-order valence-corrected chi connectivity index (χ0v) is 19.3. The van der Waals surface area contributed by atoms with Gasteiger partial charge in [0.05, 0.1) is 11.0 Å². The van der Waals surface area contributed by atoms with Crippen LogP contribution in [0.25, 0.3) is 0 Å². The van der Waals surface area contributed by atoms with Crippen molar-refractivity contribution in [2.45, 2.75) is 115 Å². The molecule has 0 aliphatic heterocycles. The summed E-state index contributed by atoms with van der Waals surface area (Å²) < 4.78 is 0. The van der Waals surface area contributed by atoms with Gasteiger partial charge >= 0.3 is 5.97 Å². The Morgan fingerprint density at radius 3 is 2.00 bits per heavy atom. The molecule has 1 aromatic carbocycles. The van der Waals surface area contributed by atoms with Gasteiger partial charge in [0.15, 0.2) is 0 Å². The standard InChI is InChI=1S/C26H42O4/c1-4-5-12-18-25(3,30)19-14-21-26(22(2)27,23-15-9-8-10-16-23)20-13-7-6-11-17-24(28)29/h8-10,15-16,30H,4-7,11-14,17-21H2,1-3H3,(H,28,29). The number of aliphatic carboxylic acids is 1. The Morgan fingerprint density at radius 1 is 0.833 bits per heavy atom. The van der Waals surface area contributed by atoms with Gasteiger partial charge < -0.3 is 10.2 Å². The predicted octanol–water partition coefficient (Wildman–Crippen LogP) is 6.44. The van der Waals surface area contributed by atoms with Crippen LogP contribution in [0.3, 0.4) is 0 Å². The second-order valence-corrected chi connectivity index (χ2v) is 9.12. The van der Waals surface area contributed by atoms with Crippen LogP contribution in [0.1, 0.15) is 110 Å². The second-order valence-electron chi connectivity index (χ2n) is 9.12. The van der Waals surface area contributed by atoms with Gasteiger partial charge in [-0.2, -0.15) is 0 Å². The summed E-state index contributed by atoms with van der Waals surface area (Å²) in [7, 11) is 0. The summed E-state index contributed by atoms with van der Waals surface area (Å²) in [6.45, 7) is 5.78. The van der Waals surface area contributed by atoms with Crippen molar-refractivity contribution in [3.8, 4) is 0 Å². The predicted molar refractivity (Wildman–Crippen MR) is 123 cm³/mol. The topological polar surface area (TPSA) is 74.6 Å². The number of carboxylic acids is 1. The number of rotatable bonds is 17. The van der Waals surface area contributed by atoms with Gasteiger partial charge in [-0.1, -0.05) is 75.8 Å². The summed E-state index contributed by atoms with van der Waals surface area (Å²) in [6, 6.07) is 10.0. The Bertz CT molecular complexity index is 623. The third-order valence-corrected chi connectivity index (χ3v) is 6.38. The molecule has 2 unspecified atom stereocenters. The normalized spacial score (nSPS) is 15.3. The fourth-order valence-electron chi connectivity index (χ4n) is 4.43. The molecule has 0 heterocycles. The largest absolute Gasteiger partial charge is 0.481 e. The molecular weight excluding hydrogens is 376 g/mol. The van der Waals surface area contributed by atoms with Gasteiger partial charge in [-0.15, -0.1) is 0 Å². The highest BCUT2D eigenvalue weighted by atomic mass is 16.4. The lowest BCUT2D eigenvalue weighted by atomic mass is 9.69. The first-order valence-electron chi connectivity index (χ1n) is 11.7. The number of unbranched alkanes of at least 4 members (excludes halogenated alkanes) is 5. The number of carbonyl (C=O) groups is 2. The molecule has 1 rings (SSSR count). The SMILES string of the molecule is CCCCCC(C)(O)CCCC(CCCCCCC(=O)O)(C(C)=O)c1ccccc1. The highest BCUT2D eigenvalue weighted by Gasteiger charge is 2.36. The van der Waals surface area contributed by atoms with E-state index >= 15 is 0 Å². The van der Waals surface area contributed by atoms with Crippen LogP contribution in [0.2, 0.25) is 0 Å². The van der Waals surface area contributed by atoms with Crippen molar-refractivity contribution in [3.05, 3.63) is 35.9 Å². The van der Waals surface area contributed by atoms with Gasteiger partial charge in [0, 0.05) is 6.42 Å². The molecule has 0 aliphatic rings. The molecule has 0 aromatic heterocycles. The van der Waals surface area contributed by atoms with Crippen molar-refractivity contribution in [2.75, 3.05) is 0 Å². The van der Waals surface area contributed by atoms with Crippen LogP contribution in [0.5, 0.6) is 0 Å². The first kappa shape index (κ1) is 26.4. The molecule has 0 saturated carbocycles. The van der Waals surface area contributed by atoms with Crippen molar-refractivity contribution in [2.24, 2.45) is 0 Å². The Hall–Kier alpha value is -1.68. The first-order chi connectivity index (χ1) is 14.2. The van der Waals surface area contributed by atoms with E-state index in [0.29, 0.717) is 12.8 Å². The van der Waals surface area contributed by atoms with E-state index in [9.17, 15) is 14.7 Å². The molecule has 30 heavy (non-hydrogen) atoms. The molecule has 0 amide bonds. The van der Waals surface area contributed by atoms with E-state index in [2.05, 4.69) is 6.92 Å². The Labute approximate surface area is 183 Å². The van der Waals surface area contributed by atoms with E-state index < -0.39 is 17.0 Å². The fourth-order valence-corrected chi connectivity index (χ4v) is 4.43. The second kappa shape index (κ2) is 13.6. The molecule has 0 fully saturated rings. The summed E-state index contributed by atoms with van der Waals surface area (Å²) in [5.74, 6) is -0.562. The molecule has 0 bridgehead atoms. The molecule has 2 atom stereocenters. The van der Waals surface area contributed by atoms with E-state index in [1.54, 1.807) is 6.92 Å². The van der Waals surface area contributed by atoms with E-state index in [1.807, 2.05) is 37.3 Å². The molecule has 0 saturated heterocycles. The molecule has 4 nitrogen and oxygen atoms in total. The first-order valence-corrected chi connectivity index (χ1v) is 11.7. The van der Waals surface area contributed by atoms with Crippen LogP contribution in [0.4, 0.5) is 0 Å². The Balaban J connectivity index is 2.77. The summed E-state index contributed by atoms with van der Waals surface area (Å²) in [4.78, 5) is 23.6. The van der Waals surface area contributed by atoms with Gasteiger partial charge in [-0.05, 0) is 57.9 Å². The van der Waals surface area contributed by atoms with E-state index in [4.69, 9.17) is 5.11 Å². The van der Waals surface area contributed by atoms with Crippen molar-refractivity contribution in [1.29, 1.82) is 0 Å². The fraction of sp³-hybridized carbons (Fsp3) is 0.692. The van der Waals surface area contributed by atoms with Gasteiger partial charge in [-0.3, -0.25) is 9.59 Å². The summed E-state index contributed by atoms with van der Waals surface area (Å²) in [5, 5.41) is 19.5. The lowest BCUT2D eigenvalue weighted by molar-refractivity contribution is -0.137. The van der Waals surface area contributed by atoms with Gasteiger partial charge in [0.25, 0.3) is 0 Å². The average Bonchev–Trinajstić information content (AvgIpc) is 2.69. The Kier molecular flexibility index (Phi) is 11.9. The minimum Gasteiger partial charge on any atom is -0.481 e. The summed E-state index contributed by atoms with van der Waals surface area (Å²) in [5.41, 5.74) is -0.132. The number of Topliss-reactive ketones (excluding diaryl/α,β-unsaturated/α-hetero) is 1. The number of carboxylic acid groups (broad SMARTS) is 1. The van der Waals surface area contributed by atoms with Crippen molar-refractivity contribution in [3.63, 3.8) is 0 Å². The number of ketones is 1. The number of hydrogen-bond donors (Lipinski definition) is 2. The van der Waals surface area contributed by atoms with Crippen molar-refractivity contribution < 1.29 is 19.8 Å². The van der Waals surface area contributed by atoms with Crippen LogP contribution in [-0.4, -0.2) is 27.6 Å². The maximum atomic E-state index is 12.9. The molecule has 0 spiro atoms. The van der Waals surface area contributed by atoms with Crippen LogP contribution < -0.4 is 0 Å². The van der Waals surface area contributed by atoms with Crippen molar-refractivity contribution >= 4 is 11.8 Å². The van der Waals surface area contributed by atoms with Crippen LogP contribution in [0, 0.1) is 0 Å². The van der Waals surface area contributed by atoms with Gasteiger partial charge in [0.1, 0.15) is 5.78 Å². The van der Waals surface area contributed by atoms with E-state index in [-0.39, 0.29) is 12.2 Å². The monoisotopic (exact) mass is 418 g/mol. The lowest BCUT2D eigenvalue weighted by Gasteiger charge is -2.34. The minimum absolute atomic E-state index is 0.185. The average molecular weight is 419 g/mol. The number of benzene rings is 1. The smallest absolute Gasteiger partial charge is 0.303 e. The molecule has 170 valence electrons. The number of aliphatic hydroxyl groups is 1. The molecule has 2 N–H and O–H groups in total.